The number of hydrogen-bond acceptors (Lipinski definition) is 4. The highest BCUT2D eigenvalue weighted by molar-refractivity contribution is 6.31. The SMILES string of the molecule is CC(NC(=O)CN1C(=O)C2CCCN2c2ncc(Cl)cc21)c1ccccc1. The zero-order valence-electron chi connectivity index (χ0n) is 15.1. The minimum atomic E-state index is -0.245. The van der Waals surface area contributed by atoms with Gasteiger partial charge in [0.05, 0.1) is 16.8 Å². The van der Waals surface area contributed by atoms with E-state index < -0.39 is 0 Å². The van der Waals surface area contributed by atoms with Gasteiger partial charge in [0.15, 0.2) is 5.82 Å². The maximum absolute atomic E-state index is 13.0. The maximum atomic E-state index is 13.0. The molecule has 6 nitrogen and oxygen atoms in total. The topological polar surface area (TPSA) is 65.5 Å². The van der Waals surface area contributed by atoms with Crippen LogP contribution in [-0.4, -0.2) is 35.9 Å². The summed E-state index contributed by atoms with van der Waals surface area (Å²) in [5.74, 6) is 0.453. The van der Waals surface area contributed by atoms with Crippen molar-refractivity contribution in [2.24, 2.45) is 0 Å². The van der Waals surface area contributed by atoms with Gasteiger partial charge in [-0.2, -0.15) is 0 Å². The van der Waals surface area contributed by atoms with E-state index in [1.54, 1.807) is 12.3 Å². The molecule has 0 spiro atoms. The fraction of sp³-hybridized carbons (Fsp3) is 0.350. The zero-order valence-corrected chi connectivity index (χ0v) is 15.8. The number of carbonyl (C=O) groups is 2. The second kappa shape index (κ2) is 7.19. The number of amides is 2. The van der Waals surface area contributed by atoms with Crippen LogP contribution in [0.2, 0.25) is 5.02 Å². The van der Waals surface area contributed by atoms with E-state index in [0.29, 0.717) is 10.7 Å². The Morgan fingerprint density at radius 2 is 2.15 bits per heavy atom. The van der Waals surface area contributed by atoms with Crippen LogP contribution in [0.1, 0.15) is 31.4 Å². The standard InChI is InChI=1S/C20H21ClN4O2/c1-13(14-6-3-2-4-7-14)23-18(26)12-25-17-10-15(21)11-22-19(17)24-9-5-8-16(24)20(25)27/h2-4,6-7,10-11,13,16H,5,8-9,12H2,1H3,(H,23,26). The molecule has 0 aliphatic carbocycles. The lowest BCUT2D eigenvalue weighted by Gasteiger charge is -2.38. The van der Waals surface area contributed by atoms with Crippen molar-refractivity contribution in [1.29, 1.82) is 0 Å². The van der Waals surface area contributed by atoms with Crippen molar-refractivity contribution >= 4 is 34.9 Å². The van der Waals surface area contributed by atoms with Crippen LogP contribution in [0, 0.1) is 0 Å². The highest BCUT2D eigenvalue weighted by atomic mass is 35.5. The van der Waals surface area contributed by atoms with Crippen LogP contribution in [0.5, 0.6) is 0 Å². The second-order valence-corrected chi connectivity index (χ2v) is 7.41. The number of aromatic nitrogens is 1. The lowest BCUT2D eigenvalue weighted by molar-refractivity contribution is -0.124. The van der Waals surface area contributed by atoms with Crippen molar-refractivity contribution in [3.05, 3.63) is 53.2 Å². The van der Waals surface area contributed by atoms with Gasteiger partial charge in [0.25, 0.3) is 0 Å². The molecule has 27 heavy (non-hydrogen) atoms. The van der Waals surface area contributed by atoms with Crippen LogP contribution in [0.3, 0.4) is 0 Å². The number of carbonyl (C=O) groups excluding carboxylic acids is 2. The minimum Gasteiger partial charge on any atom is -0.348 e. The summed E-state index contributed by atoms with van der Waals surface area (Å²) in [6.07, 6.45) is 3.30. The Labute approximate surface area is 163 Å². The fourth-order valence-electron chi connectivity index (χ4n) is 3.84. The van der Waals surface area contributed by atoms with E-state index in [-0.39, 0.29) is 30.4 Å². The van der Waals surface area contributed by atoms with Crippen molar-refractivity contribution in [3.8, 4) is 0 Å². The highest BCUT2D eigenvalue weighted by Crippen LogP contribution is 2.39. The van der Waals surface area contributed by atoms with E-state index in [1.807, 2.05) is 42.2 Å². The van der Waals surface area contributed by atoms with Crippen molar-refractivity contribution in [3.63, 3.8) is 0 Å². The number of fused-ring (bicyclic) bond motifs is 3. The molecule has 2 unspecified atom stereocenters. The van der Waals surface area contributed by atoms with E-state index in [4.69, 9.17) is 11.6 Å². The summed E-state index contributed by atoms with van der Waals surface area (Å²) < 4.78 is 0. The number of rotatable bonds is 4. The third kappa shape index (κ3) is 3.37. The van der Waals surface area contributed by atoms with E-state index in [0.717, 1.165) is 30.8 Å². The number of halogens is 1. The second-order valence-electron chi connectivity index (χ2n) is 6.97. The van der Waals surface area contributed by atoms with Gasteiger partial charge in [0, 0.05) is 12.7 Å². The van der Waals surface area contributed by atoms with Crippen LogP contribution in [0.15, 0.2) is 42.6 Å². The summed E-state index contributed by atoms with van der Waals surface area (Å²) >= 11 is 6.11. The van der Waals surface area contributed by atoms with E-state index in [2.05, 4.69) is 10.3 Å². The molecule has 2 amide bonds. The Hall–Kier alpha value is -2.60. The first-order valence-corrected chi connectivity index (χ1v) is 9.50. The molecule has 1 aromatic carbocycles. The third-order valence-corrected chi connectivity index (χ3v) is 5.37. The van der Waals surface area contributed by atoms with Gasteiger partial charge in [-0.25, -0.2) is 4.98 Å². The summed E-state index contributed by atoms with van der Waals surface area (Å²) in [6, 6.07) is 11.1. The number of benzene rings is 1. The number of nitrogens with zero attached hydrogens (tertiary/aromatic N) is 3. The maximum Gasteiger partial charge on any atom is 0.250 e. The Balaban J connectivity index is 1.56. The van der Waals surface area contributed by atoms with Crippen molar-refractivity contribution in [2.45, 2.75) is 31.8 Å². The van der Waals surface area contributed by atoms with Gasteiger partial charge in [-0.1, -0.05) is 41.9 Å². The third-order valence-electron chi connectivity index (χ3n) is 5.16. The van der Waals surface area contributed by atoms with Crippen molar-refractivity contribution in [2.75, 3.05) is 22.9 Å². The smallest absolute Gasteiger partial charge is 0.250 e. The highest BCUT2D eigenvalue weighted by Gasteiger charge is 2.42. The van der Waals surface area contributed by atoms with Gasteiger partial charge in [-0.3, -0.25) is 14.5 Å². The van der Waals surface area contributed by atoms with E-state index in [9.17, 15) is 9.59 Å². The summed E-state index contributed by atoms with van der Waals surface area (Å²) in [5.41, 5.74) is 1.62. The Morgan fingerprint density at radius 3 is 2.93 bits per heavy atom. The molecule has 2 aromatic rings. The van der Waals surface area contributed by atoms with Gasteiger partial charge in [-0.05, 0) is 31.4 Å². The number of anilines is 2. The normalized spacial score (nSPS) is 19.5. The quantitative estimate of drug-likeness (QED) is 0.880. The molecule has 2 aliphatic rings. The summed E-state index contributed by atoms with van der Waals surface area (Å²) in [5, 5.41) is 3.42. The molecular weight excluding hydrogens is 364 g/mol. The molecule has 1 aromatic heterocycles. The summed E-state index contributed by atoms with van der Waals surface area (Å²) in [7, 11) is 0. The van der Waals surface area contributed by atoms with Crippen LogP contribution >= 0.6 is 11.6 Å². The summed E-state index contributed by atoms with van der Waals surface area (Å²) in [6.45, 7) is 2.68. The van der Waals surface area contributed by atoms with Gasteiger partial charge >= 0.3 is 0 Å². The lowest BCUT2D eigenvalue weighted by Crippen LogP contribution is -2.53. The van der Waals surface area contributed by atoms with Crippen LogP contribution in [0.4, 0.5) is 11.5 Å². The molecule has 4 rings (SSSR count). The summed E-state index contributed by atoms with van der Waals surface area (Å²) in [4.78, 5) is 33.6. The molecule has 1 saturated heterocycles. The van der Waals surface area contributed by atoms with Gasteiger partial charge < -0.3 is 10.2 Å². The fourth-order valence-corrected chi connectivity index (χ4v) is 3.99. The van der Waals surface area contributed by atoms with Crippen molar-refractivity contribution < 1.29 is 9.59 Å². The van der Waals surface area contributed by atoms with Crippen LogP contribution < -0.4 is 15.1 Å². The molecule has 2 aliphatic heterocycles. The molecule has 140 valence electrons. The first kappa shape index (κ1) is 17.8. The lowest BCUT2D eigenvalue weighted by atomic mass is 10.1. The largest absolute Gasteiger partial charge is 0.348 e. The molecule has 3 heterocycles. The number of nitrogens with one attached hydrogen (secondary N) is 1. The first-order valence-electron chi connectivity index (χ1n) is 9.12. The van der Waals surface area contributed by atoms with Crippen LogP contribution in [0.25, 0.3) is 0 Å². The molecule has 0 radical (unpaired) electrons. The molecule has 2 atom stereocenters. The predicted octanol–water partition coefficient (Wildman–Crippen LogP) is 2.93. The molecule has 1 fully saturated rings. The van der Waals surface area contributed by atoms with Gasteiger partial charge in [0.2, 0.25) is 11.8 Å². The molecule has 7 heteroatoms. The molecular formula is C20H21ClN4O2. The molecule has 0 saturated carbocycles. The monoisotopic (exact) mass is 384 g/mol. The Bertz CT molecular complexity index is 874. The number of hydrogen-bond donors (Lipinski definition) is 1. The van der Waals surface area contributed by atoms with Gasteiger partial charge in [-0.15, -0.1) is 0 Å². The zero-order chi connectivity index (χ0) is 19.0. The van der Waals surface area contributed by atoms with E-state index >= 15 is 0 Å². The minimum absolute atomic E-state index is 0.0463. The van der Waals surface area contributed by atoms with Crippen molar-refractivity contribution in [1.82, 2.24) is 10.3 Å². The predicted molar refractivity (Wildman–Crippen MR) is 105 cm³/mol. The average Bonchev–Trinajstić information content (AvgIpc) is 3.16. The Morgan fingerprint density at radius 1 is 1.37 bits per heavy atom. The first-order chi connectivity index (χ1) is 13.0. The molecule has 1 N–H and O–H groups in total. The molecule has 0 bridgehead atoms. The Kier molecular flexibility index (Phi) is 4.74. The number of pyridine rings is 1. The van der Waals surface area contributed by atoms with Gasteiger partial charge in [0.1, 0.15) is 12.6 Å². The average molecular weight is 385 g/mol. The van der Waals surface area contributed by atoms with E-state index in [1.165, 1.54) is 4.90 Å². The van der Waals surface area contributed by atoms with Crippen LogP contribution in [-0.2, 0) is 9.59 Å².